The van der Waals surface area contributed by atoms with E-state index >= 15 is 0 Å². The van der Waals surface area contributed by atoms with Crippen LogP contribution in [0.25, 0.3) is 0 Å². The minimum Gasteiger partial charge on any atom is -0.489 e. The Bertz CT molecular complexity index is 2430. The van der Waals surface area contributed by atoms with Gasteiger partial charge in [0.2, 0.25) is 0 Å². The van der Waals surface area contributed by atoms with E-state index in [2.05, 4.69) is 0 Å². The Morgan fingerprint density at radius 3 is 1.57 bits per heavy atom. The zero-order valence-electron chi connectivity index (χ0n) is 33.4. The van der Waals surface area contributed by atoms with Gasteiger partial charge in [-0.1, -0.05) is 158 Å². The Kier molecular flexibility index (Phi) is 13.0. The zero-order chi connectivity index (χ0) is 40.9. The second kappa shape index (κ2) is 19.6. The predicted octanol–water partition coefficient (Wildman–Crippen LogP) is 11.0. The maximum absolute atomic E-state index is 14.1. The lowest BCUT2D eigenvalue weighted by Gasteiger charge is -2.35. The Morgan fingerprint density at radius 2 is 1.03 bits per heavy atom. The molecule has 0 spiro atoms. The topological polar surface area (TPSA) is 81.7 Å². The quantitative estimate of drug-likeness (QED) is 0.0843. The summed E-state index contributed by atoms with van der Waals surface area (Å²) in [5.74, 6) is 2.27. The van der Waals surface area contributed by atoms with Crippen molar-refractivity contribution >= 4 is 5.97 Å². The smallest absolute Gasteiger partial charge is 0.340 e. The summed E-state index contributed by atoms with van der Waals surface area (Å²) in [5.41, 5.74) is 6.22. The first-order valence-electron chi connectivity index (χ1n) is 20.0. The van der Waals surface area contributed by atoms with Crippen LogP contribution in [0.1, 0.15) is 51.2 Å². The molecule has 1 aliphatic rings. The second-order valence-electron chi connectivity index (χ2n) is 14.4. The predicted molar refractivity (Wildman–Crippen MR) is 229 cm³/mol. The van der Waals surface area contributed by atoms with Crippen LogP contribution >= 0.6 is 0 Å². The lowest BCUT2D eigenvalue weighted by atomic mass is 9.93. The van der Waals surface area contributed by atoms with Gasteiger partial charge in [-0.3, -0.25) is 0 Å². The molecule has 1 aliphatic heterocycles. The molecule has 0 amide bonds. The first kappa shape index (κ1) is 39.8. The van der Waals surface area contributed by atoms with E-state index < -0.39 is 24.3 Å². The molecule has 0 N–H and O–H groups in total. The summed E-state index contributed by atoms with van der Waals surface area (Å²) in [7, 11) is 1.50. The number of rotatable bonds is 17. The van der Waals surface area contributed by atoms with Crippen molar-refractivity contribution in [1.29, 1.82) is 0 Å². The van der Waals surface area contributed by atoms with E-state index in [1.807, 2.05) is 182 Å². The highest BCUT2D eigenvalue weighted by molar-refractivity contribution is 5.77. The molecule has 0 aliphatic carbocycles. The summed E-state index contributed by atoms with van der Waals surface area (Å²) in [5, 5.41) is 0. The first-order chi connectivity index (χ1) is 29.6. The molecule has 8 nitrogen and oxygen atoms in total. The number of hydrogen-bond acceptors (Lipinski definition) is 8. The molecule has 8 heteroatoms. The molecule has 0 radical (unpaired) electrons. The summed E-state index contributed by atoms with van der Waals surface area (Å²) in [6, 6.07) is 58.6. The van der Waals surface area contributed by atoms with E-state index in [0.29, 0.717) is 60.7 Å². The molecule has 0 aromatic heterocycles. The highest BCUT2D eigenvalue weighted by Crippen LogP contribution is 2.45. The van der Waals surface area contributed by atoms with Gasteiger partial charge >= 0.3 is 5.97 Å². The molecule has 0 fully saturated rings. The highest BCUT2D eigenvalue weighted by atomic mass is 16.6. The number of methoxy groups -OCH3 is 1. The summed E-state index contributed by atoms with van der Waals surface area (Å²) >= 11 is 0. The molecule has 1 unspecified atom stereocenters. The van der Waals surface area contributed by atoms with Gasteiger partial charge in [-0.05, 0) is 39.9 Å². The molecule has 1 heterocycles. The fraction of sp³-hybridized carbons (Fsp3) is 0.173. The molecule has 8 rings (SSSR count). The molecule has 7 aromatic carbocycles. The van der Waals surface area contributed by atoms with Gasteiger partial charge in [0.15, 0.2) is 23.7 Å². The van der Waals surface area contributed by atoms with Gasteiger partial charge in [-0.2, -0.15) is 0 Å². The second-order valence-corrected chi connectivity index (χ2v) is 14.4. The third-order valence-electron chi connectivity index (χ3n) is 10.2. The highest BCUT2D eigenvalue weighted by Gasteiger charge is 2.39. The molecular weight excluding hydrogens is 753 g/mol. The monoisotopic (exact) mass is 798 g/mol. The Hall–Kier alpha value is -7.03. The van der Waals surface area contributed by atoms with Gasteiger partial charge in [0.25, 0.3) is 0 Å². The minimum atomic E-state index is -0.950. The summed E-state index contributed by atoms with van der Waals surface area (Å²) in [4.78, 5) is 14.1. The number of carbonyl (C=O) groups is 1. The van der Waals surface area contributed by atoms with Crippen LogP contribution in [0.5, 0.6) is 28.7 Å². The fourth-order valence-corrected chi connectivity index (χ4v) is 7.11. The number of hydrogen-bond donors (Lipinski definition) is 0. The van der Waals surface area contributed by atoms with Crippen molar-refractivity contribution in [2.45, 2.75) is 51.2 Å². The maximum atomic E-state index is 14.1. The van der Waals surface area contributed by atoms with E-state index in [0.717, 1.165) is 33.4 Å². The number of carbonyl (C=O) groups excluding carboxylic acids is 1. The average molecular weight is 799 g/mol. The number of benzene rings is 7. The van der Waals surface area contributed by atoms with Crippen LogP contribution in [0.3, 0.4) is 0 Å². The third kappa shape index (κ3) is 10.2. The molecule has 0 saturated carbocycles. The summed E-state index contributed by atoms with van der Waals surface area (Å²) in [6.07, 6.45) is -2.22. The van der Waals surface area contributed by atoms with Crippen LogP contribution in [-0.4, -0.2) is 19.2 Å². The Morgan fingerprint density at radius 1 is 0.550 bits per heavy atom. The number of fused-ring (bicyclic) bond motifs is 1. The summed E-state index contributed by atoms with van der Waals surface area (Å²) in [6.45, 7) is 1.34. The van der Waals surface area contributed by atoms with Crippen molar-refractivity contribution < 1.29 is 38.0 Å². The van der Waals surface area contributed by atoms with E-state index in [9.17, 15) is 4.79 Å². The lowest BCUT2D eigenvalue weighted by Crippen LogP contribution is -2.36. The molecule has 302 valence electrons. The van der Waals surface area contributed by atoms with Crippen molar-refractivity contribution in [2.75, 3.05) is 7.11 Å². The average Bonchev–Trinajstić information content (AvgIpc) is 3.30. The van der Waals surface area contributed by atoms with Gasteiger partial charge in [-0.15, -0.1) is 0 Å². The van der Waals surface area contributed by atoms with Crippen LogP contribution in [-0.2, 0) is 47.1 Å². The van der Waals surface area contributed by atoms with Crippen molar-refractivity contribution in [1.82, 2.24) is 0 Å². The van der Waals surface area contributed by atoms with Crippen LogP contribution < -0.4 is 23.7 Å². The van der Waals surface area contributed by atoms with Crippen LogP contribution in [0, 0.1) is 0 Å². The van der Waals surface area contributed by atoms with E-state index in [1.54, 1.807) is 0 Å². The molecule has 7 aromatic rings. The molecular formula is C52H46O8. The third-order valence-corrected chi connectivity index (χ3v) is 10.2. The van der Waals surface area contributed by atoms with Crippen LogP contribution in [0.15, 0.2) is 182 Å². The van der Waals surface area contributed by atoms with E-state index in [-0.39, 0.29) is 6.42 Å². The molecule has 60 heavy (non-hydrogen) atoms. The lowest BCUT2D eigenvalue weighted by molar-refractivity contribution is -0.167. The summed E-state index contributed by atoms with van der Waals surface area (Å²) < 4.78 is 44.8. The fourth-order valence-electron chi connectivity index (χ4n) is 7.11. The standard InChI is InChI=1S/C52H46O8/c1-54-51(41-25-15-6-16-26-41)52(53)60-49-32-44-46(57-35-39-21-11-4-12-22-39)30-43(55-33-37-17-7-2-8-18-37)31-47(44)59-50(49)42-27-28-45(56-34-38-19-9-3-10-20-38)48(29-42)58-36-40-23-13-5-14-24-40/h2-31,49-51H,32-36H2,1H3/t49-,50+,51?/m0/s1. The largest absolute Gasteiger partial charge is 0.489 e. The van der Waals surface area contributed by atoms with Gasteiger partial charge in [0.1, 0.15) is 49.8 Å². The number of ether oxygens (including phenoxy) is 7. The maximum Gasteiger partial charge on any atom is 0.340 e. The van der Waals surface area contributed by atoms with Gasteiger partial charge in [0.05, 0.1) is 0 Å². The normalized spacial score (nSPS) is 14.8. The first-order valence-corrected chi connectivity index (χ1v) is 20.0. The Balaban J connectivity index is 1.16. The van der Waals surface area contributed by atoms with Crippen LogP contribution in [0.2, 0.25) is 0 Å². The van der Waals surface area contributed by atoms with Gasteiger partial charge < -0.3 is 33.2 Å². The van der Waals surface area contributed by atoms with E-state index in [4.69, 9.17) is 33.2 Å². The van der Waals surface area contributed by atoms with Gasteiger partial charge in [0, 0.05) is 36.8 Å². The minimum absolute atomic E-state index is 0.284. The molecule has 0 bridgehead atoms. The SMILES string of the molecule is COC(C(=O)O[C@H]1Cc2c(OCc3ccccc3)cc(OCc3ccccc3)cc2O[C@@H]1c1ccc(OCc2ccccc2)c(OCc2ccccc2)c1)c1ccccc1. The van der Waals surface area contributed by atoms with Gasteiger partial charge in [-0.25, -0.2) is 4.79 Å². The number of esters is 1. The van der Waals surface area contributed by atoms with Crippen molar-refractivity contribution in [3.05, 3.63) is 221 Å². The van der Waals surface area contributed by atoms with E-state index in [1.165, 1.54) is 7.11 Å². The Labute approximate surface area is 350 Å². The van der Waals surface area contributed by atoms with Crippen LogP contribution in [0.4, 0.5) is 0 Å². The molecule has 3 atom stereocenters. The molecule has 0 saturated heterocycles. The van der Waals surface area contributed by atoms with Crippen molar-refractivity contribution in [2.24, 2.45) is 0 Å². The zero-order valence-corrected chi connectivity index (χ0v) is 33.4. The van der Waals surface area contributed by atoms with Crippen molar-refractivity contribution in [3.63, 3.8) is 0 Å². The van der Waals surface area contributed by atoms with Crippen molar-refractivity contribution in [3.8, 4) is 28.7 Å².